The van der Waals surface area contributed by atoms with E-state index in [0.717, 1.165) is 32.8 Å². The fourth-order valence-corrected chi connectivity index (χ4v) is 1.80. The van der Waals surface area contributed by atoms with Crippen LogP contribution in [0.25, 0.3) is 6.08 Å². The van der Waals surface area contributed by atoms with Crippen molar-refractivity contribution in [3.05, 3.63) is 24.3 Å². The number of nitrogens with one attached hydrogen (secondary N) is 2. The van der Waals surface area contributed by atoms with Crippen molar-refractivity contribution >= 4 is 12.0 Å². The maximum absolute atomic E-state index is 11.8. The number of carbonyl (C=O) groups is 1. The van der Waals surface area contributed by atoms with E-state index in [9.17, 15) is 4.79 Å². The van der Waals surface area contributed by atoms with Crippen LogP contribution in [-0.4, -0.2) is 60.2 Å². The molecule has 0 saturated carbocycles. The number of aromatic amines is 1. The zero-order valence-corrected chi connectivity index (χ0v) is 10.3. The summed E-state index contributed by atoms with van der Waals surface area (Å²) >= 11 is 0. The first kappa shape index (κ1) is 12.8. The van der Waals surface area contributed by atoms with Crippen LogP contribution in [0.2, 0.25) is 0 Å². The highest BCUT2D eigenvalue weighted by atomic mass is 16.5. The van der Waals surface area contributed by atoms with Crippen LogP contribution in [0.15, 0.2) is 12.8 Å². The van der Waals surface area contributed by atoms with Crippen molar-refractivity contribution < 1.29 is 9.53 Å². The molecule has 18 heavy (non-hydrogen) atoms. The predicted octanol–water partition coefficient (Wildman–Crippen LogP) is 0.115. The standard InChI is InChI=1S/C12H18N4O2/c1-2-11-14-9-10(15-11)12(17)13-3-4-16-5-7-18-8-6-16/h2,9H,1,3-8H2,(H,13,17)(H,14,15). The summed E-state index contributed by atoms with van der Waals surface area (Å²) in [5, 5.41) is 2.86. The van der Waals surface area contributed by atoms with E-state index < -0.39 is 0 Å². The lowest BCUT2D eigenvalue weighted by Crippen LogP contribution is -2.41. The quantitative estimate of drug-likeness (QED) is 0.778. The summed E-state index contributed by atoms with van der Waals surface area (Å²) in [6.45, 7) is 8.47. The van der Waals surface area contributed by atoms with Gasteiger partial charge in [-0.15, -0.1) is 0 Å². The molecule has 2 rings (SSSR count). The van der Waals surface area contributed by atoms with Crippen molar-refractivity contribution in [2.24, 2.45) is 0 Å². The average Bonchev–Trinajstić information content (AvgIpc) is 2.89. The maximum Gasteiger partial charge on any atom is 0.269 e. The van der Waals surface area contributed by atoms with Crippen LogP contribution in [0.1, 0.15) is 16.3 Å². The Morgan fingerprint density at radius 2 is 2.39 bits per heavy atom. The molecule has 1 aliphatic rings. The van der Waals surface area contributed by atoms with Gasteiger partial charge in [0.05, 0.1) is 19.4 Å². The van der Waals surface area contributed by atoms with Crippen molar-refractivity contribution in [1.82, 2.24) is 20.2 Å². The number of morpholine rings is 1. The van der Waals surface area contributed by atoms with Gasteiger partial charge in [-0.3, -0.25) is 9.69 Å². The summed E-state index contributed by atoms with van der Waals surface area (Å²) in [6.07, 6.45) is 3.09. The number of rotatable bonds is 5. The van der Waals surface area contributed by atoms with Gasteiger partial charge in [0.25, 0.3) is 5.91 Å². The molecule has 1 fully saturated rings. The van der Waals surface area contributed by atoms with Crippen molar-refractivity contribution in [2.75, 3.05) is 39.4 Å². The average molecular weight is 250 g/mol. The molecule has 1 aliphatic heterocycles. The van der Waals surface area contributed by atoms with E-state index in [2.05, 4.69) is 26.8 Å². The Hall–Kier alpha value is -1.66. The van der Waals surface area contributed by atoms with Gasteiger partial charge in [-0.05, 0) is 6.08 Å². The number of hydrogen-bond donors (Lipinski definition) is 2. The summed E-state index contributed by atoms with van der Waals surface area (Å²) in [5.74, 6) is 0.470. The Bertz CT molecular complexity index is 410. The largest absolute Gasteiger partial charge is 0.379 e. The van der Waals surface area contributed by atoms with Crippen LogP contribution in [-0.2, 0) is 4.74 Å². The van der Waals surface area contributed by atoms with Crippen LogP contribution in [0.4, 0.5) is 0 Å². The Labute approximate surface area is 106 Å². The normalized spacial score (nSPS) is 16.4. The zero-order chi connectivity index (χ0) is 12.8. The predicted molar refractivity (Wildman–Crippen MR) is 68.3 cm³/mol. The molecule has 0 radical (unpaired) electrons. The molecule has 0 bridgehead atoms. The van der Waals surface area contributed by atoms with Crippen LogP contribution in [0, 0.1) is 0 Å². The minimum Gasteiger partial charge on any atom is -0.379 e. The van der Waals surface area contributed by atoms with Crippen LogP contribution >= 0.6 is 0 Å². The number of amides is 1. The summed E-state index contributed by atoms with van der Waals surface area (Å²) in [7, 11) is 0. The molecule has 0 spiro atoms. The van der Waals surface area contributed by atoms with Crippen LogP contribution in [0.3, 0.4) is 0 Å². The Balaban J connectivity index is 1.72. The third-order valence-electron chi connectivity index (χ3n) is 2.85. The van der Waals surface area contributed by atoms with E-state index in [4.69, 9.17) is 4.74 Å². The lowest BCUT2D eigenvalue weighted by molar-refractivity contribution is 0.0383. The van der Waals surface area contributed by atoms with Gasteiger partial charge in [0.2, 0.25) is 0 Å². The molecular weight excluding hydrogens is 232 g/mol. The van der Waals surface area contributed by atoms with Gasteiger partial charge in [-0.2, -0.15) is 0 Å². The minimum absolute atomic E-state index is 0.135. The van der Waals surface area contributed by atoms with Crippen molar-refractivity contribution in [2.45, 2.75) is 0 Å². The summed E-state index contributed by atoms with van der Waals surface area (Å²) in [6, 6.07) is 0. The number of imidazole rings is 1. The molecule has 1 amide bonds. The molecule has 6 nitrogen and oxygen atoms in total. The van der Waals surface area contributed by atoms with Crippen molar-refractivity contribution in [3.63, 3.8) is 0 Å². The van der Waals surface area contributed by atoms with E-state index in [0.29, 0.717) is 18.1 Å². The van der Waals surface area contributed by atoms with Crippen LogP contribution in [0.5, 0.6) is 0 Å². The molecule has 2 heterocycles. The molecule has 98 valence electrons. The van der Waals surface area contributed by atoms with Gasteiger partial charge in [0.15, 0.2) is 0 Å². The highest BCUT2D eigenvalue weighted by Gasteiger charge is 2.11. The molecule has 1 aromatic heterocycles. The highest BCUT2D eigenvalue weighted by molar-refractivity contribution is 5.92. The summed E-state index contributed by atoms with van der Waals surface area (Å²) < 4.78 is 5.26. The number of hydrogen-bond acceptors (Lipinski definition) is 4. The maximum atomic E-state index is 11.8. The van der Waals surface area contributed by atoms with Gasteiger partial charge >= 0.3 is 0 Å². The second kappa shape index (κ2) is 6.32. The second-order valence-corrected chi connectivity index (χ2v) is 4.10. The smallest absolute Gasteiger partial charge is 0.269 e. The first-order valence-corrected chi connectivity index (χ1v) is 6.05. The zero-order valence-electron chi connectivity index (χ0n) is 10.3. The number of H-pyrrole nitrogens is 1. The van der Waals surface area contributed by atoms with Gasteiger partial charge in [0.1, 0.15) is 11.5 Å². The Morgan fingerprint density at radius 1 is 1.61 bits per heavy atom. The Kier molecular flexibility index (Phi) is 4.49. The Morgan fingerprint density at radius 3 is 3.06 bits per heavy atom. The molecule has 1 aromatic rings. The lowest BCUT2D eigenvalue weighted by Gasteiger charge is -2.26. The third-order valence-corrected chi connectivity index (χ3v) is 2.85. The van der Waals surface area contributed by atoms with Crippen LogP contribution < -0.4 is 5.32 Å². The molecule has 0 atom stereocenters. The van der Waals surface area contributed by atoms with Gasteiger partial charge in [-0.25, -0.2) is 4.98 Å². The van der Waals surface area contributed by atoms with E-state index in [1.54, 1.807) is 6.08 Å². The van der Waals surface area contributed by atoms with Crippen molar-refractivity contribution in [3.8, 4) is 0 Å². The highest BCUT2D eigenvalue weighted by Crippen LogP contribution is 1.98. The van der Waals surface area contributed by atoms with E-state index in [1.807, 2.05) is 0 Å². The van der Waals surface area contributed by atoms with E-state index >= 15 is 0 Å². The number of aromatic nitrogens is 2. The topological polar surface area (TPSA) is 70.2 Å². The SMILES string of the molecule is C=Cc1ncc(C(=O)NCCN2CCOCC2)[nH]1. The molecule has 0 unspecified atom stereocenters. The minimum atomic E-state index is -0.135. The summed E-state index contributed by atoms with van der Waals surface area (Å²) in [4.78, 5) is 20.9. The van der Waals surface area contributed by atoms with Gasteiger partial charge in [-0.1, -0.05) is 6.58 Å². The molecule has 1 saturated heterocycles. The first-order chi connectivity index (χ1) is 8.79. The summed E-state index contributed by atoms with van der Waals surface area (Å²) in [5.41, 5.74) is 0.465. The fraction of sp³-hybridized carbons (Fsp3) is 0.500. The monoisotopic (exact) mass is 250 g/mol. The number of nitrogens with zero attached hydrogens (tertiary/aromatic N) is 2. The third kappa shape index (κ3) is 3.41. The number of carbonyl (C=O) groups excluding carboxylic acids is 1. The lowest BCUT2D eigenvalue weighted by atomic mass is 10.4. The molecular formula is C12H18N4O2. The fourth-order valence-electron chi connectivity index (χ4n) is 1.80. The van der Waals surface area contributed by atoms with Gasteiger partial charge < -0.3 is 15.0 Å². The molecule has 6 heteroatoms. The second-order valence-electron chi connectivity index (χ2n) is 4.10. The molecule has 0 aliphatic carbocycles. The molecule has 2 N–H and O–H groups in total. The first-order valence-electron chi connectivity index (χ1n) is 6.05. The number of ether oxygens (including phenoxy) is 1. The molecule has 0 aromatic carbocycles. The van der Waals surface area contributed by atoms with Crippen molar-refractivity contribution in [1.29, 1.82) is 0 Å². The van der Waals surface area contributed by atoms with E-state index in [-0.39, 0.29) is 5.91 Å². The van der Waals surface area contributed by atoms with Gasteiger partial charge in [0, 0.05) is 26.2 Å². The van der Waals surface area contributed by atoms with E-state index in [1.165, 1.54) is 6.20 Å².